The zero-order valence-electron chi connectivity index (χ0n) is 12.8. The van der Waals surface area contributed by atoms with Gasteiger partial charge in [0.15, 0.2) is 0 Å². The number of nitro benzene ring substituents is 1. The lowest BCUT2D eigenvalue weighted by Gasteiger charge is -2.02. The molecular weight excluding hydrogens is 537 g/mol. The number of phenols is 1. The molecule has 0 fully saturated rings. The molecule has 0 radical (unpaired) electrons. The molecule has 2 aromatic carbocycles. The zero-order chi connectivity index (χ0) is 18.8. The number of rotatable bonds is 4. The lowest BCUT2D eigenvalue weighted by atomic mass is 10.2. The van der Waals surface area contributed by atoms with Crippen LogP contribution in [0.3, 0.4) is 0 Å². The Morgan fingerprint density at radius 2 is 2.12 bits per heavy atom. The van der Waals surface area contributed by atoms with Gasteiger partial charge in [0.1, 0.15) is 5.75 Å². The number of nitro groups is 1. The van der Waals surface area contributed by atoms with Crippen molar-refractivity contribution in [3.05, 3.63) is 65.0 Å². The number of halogens is 2. The van der Waals surface area contributed by atoms with Gasteiger partial charge in [-0.05, 0) is 46.9 Å². The molecule has 0 aliphatic carbocycles. The molecule has 1 aromatic heterocycles. The van der Waals surface area contributed by atoms with Crippen molar-refractivity contribution in [3.63, 3.8) is 0 Å². The molecule has 3 aromatic rings. The van der Waals surface area contributed by atoms with E-state index in [9.17, 15) is 20.0 Å². The average Bonchev–Trinajstić information content (AvgIpc) is 3.02. The van der Waals surface area contributed by atoms with E-state index >= 15 is 0 Å². The van der Waals surface area contributed by atoms with Crippen molar-refractivity contribution in [2.24, 2.45) is 5.10 Å². The Balaban J connectivity index is 1.78. The Bertz CT molecular complexity index is 1070. The molecule has 0 spiro atoms. The second-order valence-electron chi connectivity index (χ2n) is 5.11. The summed E-state index contributed by atoms with van der Waals surface area (Å²) in [5, 5.41) is 25.3. The van der Waals surface area contributed by atoms with Gasteiger partial charge >= 0.3 is 0 Å². The van der Waals surface area contributed by atoms with E-state index in [1.54, 1.807) is 24.3 Å². The van der Waals surface area contributed by atoms with Crippen LogP contribution < -0.4 is 5.43 Å². The Hall–Kier alpha value is -2.05. The number of carbonyl (C=O) groups excluding carboxylic acids is 1. The number of nitrogens with zero attached hydrogens (tertiary/aromatic N) is 2. The number of thiophene rings is 1. The number of hydrogen-bond acceptors (Lipinski definition) is 6. The number of benzene rings is 2. The zero-order valence-corrected chi connectivity index (χ0v) is 17.3. The molecule has 26 heavy (non-hydrogen) atoms. The number of aromatic hydroxyl groups is 1. The highest BCUT2D eigenvalue weighted by atomic mass is 127. The topological polar surface area (TPSA) is 105 Å². The molecule has 0 aliphatic rings. The smallest absolute Gasteiger partial charge is 0.281 e. The summed E-state index contributed by atoms with van der Waals surface area (Å²) in [5.41, 5.74) is 2.82. The highest BCUT2D eigenvalue weighted by Gasteiger charge is 2.13. The maximum atomic E-state index is 12.2. The van der Waals surface area contributed by atoms with Gasteiger partial charge in [-0.2, -0.15) is 5.10 Å². The summed E-state index contributed by atoms with van der Waals surface area (Å²) in [6, 6.07) is 9.44. The highest BCUT2D eigenvalue weighted by Crippen LogP contribution is 2.29. The summed E-state index contributed by atoms with van der Waals surface area (Å²) in [5.74, 6) is -0.366. The summed E-state index contributed by atoms with van der Waals surface area (Å²) in [4.78, 5) is 22.9. The maximum Gasteiger partial charge on any atom is 0.281 e. The molecule has 0 saturated carbocycles. The van der Waals surface area contributed by atoms with E-state index in [2.05, 4.69) is 26.5 Å². The first-order valence-corrected chi connectivity index (χ1v) is 9.73. The Morgan fingerprint density at radius 3 is 2.85 bits per heavy atom. The SMILES string of the molecule is O=C(N/N=C/c1cc(Br)cc(I)c1O)c1cc2cc([N+](=O)[O-])ccc2s1. The fraction of sp³-hybridized carbons (Fsp3) is 0. The van der Waals surface area contributed by atoms with Crippen molar-refractivity contribution in [3.8, 4) is 5.75 Å². The number of hydrazone groups is 1. The van der Waals surface area contributed by atoms with E-state index in [1.807, 2.05) is 22.6 Å². The van der Waals surface area contributed by atoms with Crippen LogP contribution in [0, 0.1) is 13.7 Å². The van der Waals surface area contributed by atoms with Crippen LogP contribution in [-0.4, -0.2) is 22.2 Å². The van der Waals surface area contributed by atoms with Crippen molar-refractivity contribution in [2.75, 3.05) is 0 Å². The normalized spacial score (nSPS) is 11.2. The number of hydrogen-bond donors (Lipinski definition) is 2. The third-order valence-electron chi connectivity index (χ3n) is 3.36. The van der Waals surface area contributed by atoms with E-state index in [0.717, 1.165) is 9.17 Å². The van der Waals surface area contributed by atoms with Crippen molar-refractivity contribution >= 4 is 77.8 Å². The second kappa shape index (κ2) is 7.68. The van der Waals surface area contributed by atoms with E-state index in [4.69, 9.17) is 0 Å². The van der Waals surface area contributed by atoms with Gasteiger partial charge in [-0.15, -0.1) is 11.3 Å². The number of non-ortho nitro benzene ring substituents is 1. The molecule has 3 rings (SSSR count). The van der Waals surface area contributed by atoms with Gasteiger partial charge in [-0.1, -0.05) is 15.9 Å². The second-order valence-corrected chi connectivity index (χ2v) is 8.28. The number of carbonyl (C=O) groups is 1. The van der Waals surface area contributed by atoms with E-state index in [-0.39, 0.29) is 11.4 Å². The predicted molar refractivity (Wildman–Crippen MR) is 112 cm³/mol. The third-order valence-corrected chi connectivity index (χ3v) is 5.76. The molecule has 1 heterocycles. The average molecular weight is 546 g/mol. The van der Waals surface area contributed by atoms with Crippen LogP contribution in [0.1, 0.15) is 15.2 Å². The van der Waals surface area contributed by atoms with Gasteiger partial charge in [0.05, 0.1) is 19.6 Å². The Morgan fingerprint density at radius 1 is 1.35 bits per heavy atom. The van der Waals surface area contributed by atoms with E-state index in [1.165, 1.54) is 29.7 Å². The molecule has 0 unspecified atom stereocenters. The molecule has 0 saturated heterocycles. The largest absolute Gasteiger partial charge is 0.506 e. The number of nitrogens with one attached hydrogen (secondary N) is 1. The lowest BCUT2D eigenvalue weighted by molar-refractivity contribution is -0.384. The van der Waals surface area contributed by atoms with Crippen molar-refractivity contribution < 1.29 is 14.8 Å². The minimum Gasteiger partial charge on any atom is -0.506 e. The first-order chi connectivity index (χ1) is 12.3. The van der Waals surface area contributed by atoms with Gasteiger partial charge < -0.3 is 5.11 Å². The van der Waals surface area contributed by atoms with Gasteiger partial charge in [-0.25, -0.2) is 5.43 Å². The van der Waals surface area contributed by atoms with Crippen molar-refractivity contribution in [1.29, 1.82) is 0 Å². The van der Waals surface area contributed by atoms with Crippen LogP contribution >= 0.6 is 49.9 Å². The number of amides is 1. The molecule has 1 amide bonds. The molecule has 10 heteroatoms. The molecule has 7 nitrogen and oxygen atoms in total. The lowest BCUT2D eigenvalue weighted by Crippen LogP contribution is -2.16. The molecule has 0 aliphatic heterocycles. The molecule has 0 bridgehead atoms. The number of phenolic OH excluding ortho intramolecular Hbond substituents is 1. The third kappa shape index (κ3) is 4.02. The van der Waals surface area contributed by atoms with Crippen molar-refractivity contribution in [2.45, 2.75) is 0 Å². The molecular formula is C16H9BrIN3O4S. The van der Waals surface area contributed by atoms with Crippen molar-refractivity contribution in [1.82, 2.24) is 5.43 Å². The van der Waals surface area contributed by atoms with Crippen LogP contribution in [-0.2, 0) is 0 Å². The fourth-order valence-corrected chi connectivity index (χ4v) is 4.64. The Labute approximate surface area is 173 Å². The summed E-state index contributed by atoms with van der Waals surface area (Å²) in [6.45, 7) is 0. The fourth-order valence-electron chi connectivity index (χ4n) is 2.16. The van der Waals surface area contributed by atoms with Gasteiger partial charge in [0.25, 0.3) is 11.6 Å². The van der Waals surface area contributed by atoms with Crippen LogP contribution in [0.25, 0.3) is 10.1 Å². The van der Waals surface area contributed by atoms with Crippen LogP contribution in [0.4, 0.5) is 5.69 Å². The summed E-state index contributed by atoms with van der Waals surface area (Å²) in [6.07, 6.45) is 1.35. The van der Waals surface area contributed by atoms with Gasteiger partial charge in [0, 0.05) is 32.3 Å². The van der Waals surface area contributed by atoms with E-state index in [0.29, 0.717) is 19.4 Å². The maximum absolute atomic E-state index is 12.2. The standard InChI is InChI=1S/C16H9BrIN3O4S/c17-10-3-9(15(22)12(18)6-10)7-19-20-16(23)14-5-8-4-11(21(24)25)1-2-13(8)26-14/h1-7,22H,(H,20,23)/b19-7+. The highest BCUT2D eigenvalue weighted by molar-refractivity contribution is 14.1. The van der Waals surface area contributed by atoms with Crippen LogP contribution in [0.15, 0.2) is 46.0 Å². The van der Waals surface area contributed by atoms with Crippen LogP contribution in [0.5, 0.6) is 5.75 Å². The quantitative estimate of drug-likeness (QED) is 0.215. The Kier molecular flexibility index (Phi) is 5.53. The van der Waals surface area contributed by atoms with Gasteiger partial charge in [0.2, 0.25) is 0 Å². The molecule has 132 valence electrons. The molecule has 0 atom stereocenters. The predicted octanol–water partition coefficient (Wildman–Crippen LogP) is 4.65. The van der Waals surface area contributed by atoms with Crippen LogP contribution in [0.2, 0.25) is 0 Å². The summed E-state index contributed by atoms with van der Waals surface area (Å²) < 4.78 is 2.19. The summed E-state index contributed by atoms with van der Waals surface area (Å²) in [7, 11) is 0. The first kappa shape index (κ1) is 18.7. The number of fused-ring (bicyclic) bond motifs is 1. The minimum atomic E-state index is -0.479. The van der Waals surface area contributed by atoms with Gasteiger partial charge in [-0.3, -0.25) is 14.9 Å². The summed E-state index contributed by atoms with van der Waals surface area (Å²) >= 11 is 6.53. The minimum absolute atomic E-state index is 0.0278. The monoisotopic (exact) mass is 545 g/mol. The van der Waals surface area contributed by atoms with E-state index < -0.39 is 10.8 Å². The first-order valence-electron chi connectivity index (χ1n) is 7.04. The molecule has 2 N–H and O–H groups in total.